The molecule has 9 heteroatoms. The van der Waals surface area contributed by atoms with Gasteiger partial charge >= 0.3 is 12.1 Å². The van der Waals surface area contributed by atoms with Gasteiger partial charge in [-0.1, -0.05) is 41.1 Å². The minimum atomic E-state index is -4.96. The van der Waals surface area contributed by atoms with Crippen molar-refractivity contribution in [1.29, 1.82) is 0 Å². The van der Waals surface area contributed by atoms with E-state index < -0.39 is 12.1 Å². The van der Waals surface area contributed by atoms with Gasteiger partial charge in [-0.25, -0.2) is 0 Å². The highest BCUT2D eigenvalue weighted by Crippen LogP contribution is 2.32. The molecule has 0 radical (unpaired) electrons. The number of hydrogen-bond donors (Lipinski definition) is 1. The number of rotatable bonds is 2. The van der Waals surface area contributed by atoms with E-state index in [1.165, 1.54) is 0 Å². The lowest BCUT2D eigenvalue weighted by Gasteiger charge is -2.03. The minimum absolute atomic E-state index is 0.239. The fourth-order valence-corrected chi connectivity index (χ4v) is 2.24. The highest BCUT2D eigenvalue weighted by molar-refractivity contribution is 7.18. The van der Waals surface area contributed by atoms with Crippen LogP contribution in [0.4, 0.5) is 18.3 Å². The van der Waals surface area contributed by atoms with Crippen LogP contribution in [0.2, 0.25) is 5.02 Å². The molecule has 0 saturated heterocycles. The van der Waals surface area contributed by atoms with E-state index in [1.807, 2.05) is 0 Å². The number of amides is 1. The molecule has 19 heavy (non-hydrogen) atoms. The first-order chi connectivity index (χ1) is 8.88. The number of halogens is 4. The van der Waals surface area contributed by atoms with Crippen LogP contribution in [-0.4, -0.2) is 22.3 Å². The van der Waals surface area contributed by atoms with Crippen molar-refractivity contribution >= 4 is 34.0 Å². The first-order valence-electron chi connectivity index (χ1n) is 4.84. The Morgan fingerprint density at radius 3 is 2.58 bits per heavy atom. The van der Waals surface area contributed by atoms with Crippen molar-refractivity contribution in [3.8, 4) is 10.6 Å². The second kappa shape index (κ2) is 5.14. The highest BCUT2D eigenvalue weighted by atomic mass is 35.5. The number of hydrogen-bond acceptors (Lipinski definition) is 4. The van der Waals surface area contributed by atoms with Gasteiger partial charge in [0.1, 0.15) is 0 Å². The summed E-state index contributed by atoms with van der Waals surface area (Å²) in [6.45, 7) is 0. The van der Waals surface area contributed by atoms with E-state index in [2.05, 4.69) is 10.2 Å². The summed E-state index contributed by atoms with van der Waals surface area (Å²) >= 11 is 6.72. The molecule has 0 spiro atoms. The Bertz CT molecular complexity index is 614. The predicted molar refractivity (Wildman–Crippen MR) is 65.0 cm³/mol. The van der Waals surface area contributed by atoms with E-state index in [9.17, 15) is 18.0 Å². The molecule has 0 unspecified atom stereocenters. The van der Waals surface area contributed by atoms with Gasteiger partial charge in [-0.2, -0.15) is 13.2 Å². The molecule has 1 heterocycles. The maximum absolute atomic E-state index is 12.1. The maximum Gasteiger partial charge on any atom is 0.471 e. The third kappa shape index (κ3) is 3.21. The average molecular weight is 308 g/mol. The van der Waals surface area contributed by atoms with Gasteiger partial charge in [0.05, 0.1) is 5.02 Å². The minimum Gasteiger partial charge on any atom is -0.293 e. The number of benzene rings is 1. The molecule has 2 rings (SSSR count). The van der Waals surface area contributed by atoms with Gasteiger partial charge in [-0.15, -0.1) is 10.2 Å². The Morgan fingerprint density at radius 2 is 1.95 bits per heavy atom. The summed E-state index contributed by atoms with van der Waals surface area (Å²) in [4.78, 5) is 10.7. The topological polar surface area (TPSA) is 54.9 Å². The first-order valence-corrected chi connectivity index (χ1v) is 6.04. The number of nitrogens with zero attached hydrogens (tertiary/aromatic N) is 2. The molecule has 0 fully saturated rings. The second-order valence-corrected chi connectivity index (χ2v) is 4.73. The zero-order valence-electron chi connectivity index (χ0n) is 9.03. The fraction of sp³-hybridized carbons (Fsp3) is 0.100. The lowest BCUT2D eigenvalue weighted by Crippen LogP contribution is -2.29. The smallest absolute Gasteiger partial charge is 0.293 e. The molecule has 100 valence electrons. The van der Waals surface area contributed by atoms with E-state index in [0.29, 0.717) is 15.6 Å². The zero-order chi connectivity index (χ0) is 14.0. The third-order valence-corrected chi connectivity index (χ3v) is 3.21. The molecule has 0 aliphatic rings. The van der Waals surface area contributed by atoms with Crippen LogP contribution in [0.1, 0.15) is 0 Å². The zero-order valence-corrected chi connectivity index (χ0v) is 10.6. The van der Waals surface area contributed by atoms with Crippen molar-refractivity contribution in [1.82, 2.24) is 10.2 Å². The van der Waals surface area contributed by atoms with Gasteiger partial charge in [-0.05, 0) is 6.07 Å². The normalized spacial score (nSPS) is 11.4. The molecule has 1 N–H and O–H groups in total. The van der Waals surface area contributed by atoms with E-state index in [1.54, 1.807) is 29.6 Å². The molecule has 1 aromatic heterocycles. The van der Waals surface area contributed by atoms with Gasteiger partial charge in [0, 0.05) is 5.56 Å². The number of anilines is 1. The van der Waals surface area contributed by atoms with Crippen molar-refractivity contribution in [3.63, 3.8) is 0 Å². The van der Waals surface area contributed by atoms with Crippen LogP contribution in [0.25, 0.3) is 10.6 Å². The molecule has 2 aromatic rings. The quantitative estimate of drug-likeness (QED) is 0.925. The summed E-state index contributed by atoms with van der Waals surface area (Å²) < 4.78 is 36.2. The summed E-state index contributed by atoms with van der Waals surface area (Å²) in [6.07, 6.45) is -4.96. The Morgan fingerprint density at radius 1 is 1.26 bits per heavy atom. The molecular weight excluding hydrogens is 303 g/mol. The van der Waals surface area contributed by atoms with Crippen molar-refractivity contribution in [3.05, 3.63) is 29.3 Å². The monoisotopic (exact) mass is 307 g/mol. The van der Waals surface area contributed by atoms with E-state index in [-0.39, 0.29) is 5.13 Å². The second-order valence-electron chi connectivity index (χ2n) is 3.34. The van der Waals surface area contributed by atoms with Crippen LogP contribution >= 0.6 is 22.9 Å². The van der Waals surface area contributed by atoms with Crippen LogP contribution in [0.15, 0.2) is 24.3 Å². The van der Waals surface area contributed by atoms with Crippen LogP contribution in [0.3, 0.4) is 0 Å². The molecule has 0 aliphatic heterocycles. The first kappa shape index (κ1) is 13.8. The lowest BCUT2D eigenvalue weighted by molar-refractivity contribution is -0.167. The summed E-state index contributed by atoms with van der Waals surface area (Å²) in [5, 5.41) is 9.26. The lowest BCUT2D eigenvalue weighted by atomic mass is 10.2. The molecule has 1 amide bonds. The van der Waals surface area contributed by atoms with E-state index in [0.717, 1.165) is 11.3 Å². The maximum atomic E-state index is 12.1. The van der Waals surface area contributed by atoms with Crippen molar-refractivity contribution < 1.29 is 18.0 Å². The van der Waals surface area contributed by atoms with Gasteiger partial charge in [0.25, 0.3) is 0 Å². The van der Waals surface area contributed by atoms with Crippen LogP contribution in [0, 0.1) is 0 Å². The van der Waals surface area contributed by atoms with Gasteiger partial charge < -0.3 is 0 Å². The Labute approximate surface area is 114 Å². The molecule has 0 aliphatic carbocycles. The predicted octanol–water partition coefficient (Wildman–Crippen LogP) is 3.36. The average Bonchev–Trinajstić information content (AvgIpc) is 2.76. The van der Waals surface area contributed by atoms with Crippen LogP contribution in [0.5, 0.6) is 0 Å². The molecule has 1 aromatic carbocycles. The SMILES string of the molecule is O=C(Nc1nnc(-c2ccccc2Cl)s1)C(F)(F)F. The van der Waals surface area contributed by atoms with Crippen molar-refractivity contribution in [2.24, 2.45) is 0 Å². The summed E-state index contributed by atoms with van der Waals surface area (Å²) in [7, 11) is 0. The van der Waals surface area contributed by atoms with E-state index >= 15 is 0 Å². The Kier molecular flexibility index (Phi) is 3.72. The molecule has 0 bridgehead atoms. The Balaban J connectivity index is 2.21. The molecule has 4 nitrogen and oxygen atoms in total. The summed E-state index contributed by atoms with van der Waals surface area (Å²) in [5.74, 6) is -2.09. The van der Waals surface area contributed by atoms with Crippen molar-refractivity contribution in [2.75, 3.05) is 5.32 Å². The largest absolute Gasteiger partial charge is 0.471 e. The van der Waals surface area contributed by atoms with Gasteiger partial charge in [-0.3, -0.25) is 10.1 Å². The molecule has 0 saturated carbocycles. The number of alkyl halides is 3. The Hall–Kier alpha value is -1.67. The standard InChI is InChI=1S/C10H5ClF3N3OS/c11-6-4-2-1-3-5(6)7-16-17-9(19-7)15-8(18)10(12,13)14/h1-4H,(H,15,17,18). The van der Waals surface area contributed by atoms with E-state index in [4.69, 9.17) is 11.6 Å². The van der Waals surface area contributed by atoms with Gasteiger partial charge in [0.2, 0.25) is 5.13 Å². The number of nitrogens with one attached hydrogen (secondary N) is 1. The number of carbonyl (C=O) groups is 1. The van der Waals surface area contributed by atoms with Crippen LogP contribution in [-0.2, 0) is 4.79 Å². The fourth-order valence-electron chi connectivity index (χ4n) is 1.19. The molecular formula is C10H5ClF3N3OS. The van der Waals surface area contributed by atoms with Crippen molar-refractivity contribution in [2.45, 2.75) is 6.18 Å². The summed E-state index contributed by atoms with van der Waals surface area (Å²) in [6, 6.07) is 6.68. The van der Waals surface area contributed by atoms with Gasteiger partial charge in [0.15, 0.2) is 5.01 Å². The highest BCUT2D eigenvalue weighted by Gasteiger charge is 2.39. The number of carbonyl (C=O) groups excluding carboxylic acids is 1. The third-order valence-electron chi connectivity index (χ3n) is 2.01. The van der Waals surface area contributed by atoms with Crippen LogP contribution < -0.4 is 5.32 Å². The number of aromatic nitrogens is 2. The summed E-state index contributed by atoms with van der Waals surface area (Å²) in [5.41, 5.74) is 0.536. The molecule has 0 atom stereocenters.